The lowest BCUT2D eigenvalue weighted by Gasteiger charge is -2.18. The van der Waals surface area contributed by atoms with Crippen molar-refractivity contribution in [2.24, 2.45) is 5.92 Å². The summed E-state index contributed by atoms with van der Waals surface area (Å²) in [5, 5.41) is 9.00. The van der Waals surface area contributed by atoms with Gasteiger partial charge in [-0.2, -0.15) is 0 Å². The molecule has 96 valence electrons. The lowest BCUT2D eigenvalue weighted by Crippen LogP contribution is -2.06. The van der Waals surface area contributed by atoms with Crippen LogP contribution in [0.15, 0.2) is 18.2 Å². The first-order chi connectivity index (χ1) is 8.61. The molecule has 1 aliphatic carbocycles. The quantitative estimate of drug-likeness (QED) is 0.892. The second-order valence-electron chi connectivity index (χ2n) is 4.67. The number of carboxylic acid groups (broad SMARTS) is 1. The van der Waals surface area contributed by atoms with Crippen molar-refractivity contribution in [3.63, 3.8) is 0 Å². The first-order valence-corrected chi connectivity index (χ1v) is 6.09. The Bertz CT molecular complexity index is 494. The molecule has 1 N–H and O–H groups in total. The standard InChI is InChI=1S/C14H17NO3/c1-9-3-5-10(6-4-9)12-8-7-11(14(16)17)13(15-12)18-2/h5,7-9H,3-4,6H2,1-2H3,(H,16,17). The molecule has 2 rings (SSSR count). The van der Waals surface area contributed by atoms with Crippen molar-refractivity contribution in [2.75, 3.05) is 7.11 Å². The van der Waals surface area contributed by atoms with E-state index >= 15 is 0 Å². The van der Waals surface area contributed by atoms with Crippen LogP contribution in [-0.4, -0.2) is 23.2 Å². The second kappa shape index (κ2) is 5.21. The molecular formula is C14H17NO3. The Hall–Kier alpha value is -1.84. The lowest BCUT2D eigenvalue weighted by atomic mass is 9.89. The summed E-state index contributed by atoms with van der Waals surface area (Å²) in [5.74, 6) is -0.120. The molecule has 4 heteroatoms. The lowest BCUT2D eigenvalue weighted by molar-refractivity contribution is 0.0692. The smallest absolute Gasteiger partial charge is 0.341 e. The van der Waals surface area contributed by atoms with Gasteiger partial charge < -0.3 is 9.84 Å². The molecule has 1 heterocycles. The Labute approximate surface area is 106 Å². The summed E-state index contributed by atoms with van der Waals surface area (Å²) in [7, 11) is 1.44. The summed E-state index contributed by atoms with van der Waals surface area (Å²) in [6.07, 6.45) is 5.39. The Kier molecular flexibility index (Phi) is 3.65. The molecule has 0 amide bonds. The van der Waals surface area contributed by atoms with E-state index in [9.17, 15) is 4.79 Å². The molecule has 0 saturated heterocycles. The maximum absolute atomic E-state index is 11.0. The van der Waals surface area contributed by atoms with E-state index in [2.05, 4.69) is 18.0 Å². The summed E-state index contributed by atoms with van der Waals surface area (Å²) < 4.78 is 5.04. The third-order valence-corrected chi connectivity index (χ3v) is 3.29. The minimum Gasteiger partial charge on any atom is -0.480 e. The molecule has 4 nitrogen and oxygen atoms in total. The number of carbonyl (C=O) groups is 1. The third kappa shape index (κ3) is 2.53. The number of ether oxygens (including phenoxy) is 1. The highest BCUT2D eigenvalue weighted by Gasteiger charge is 2.17. The van der Waals surface area contributed by atoms with Crippen molar-refractivity contribution in [1.29, 1.82) is 0 Å². The summed E-state index contributed by atoms with van der Waals surface area (Å²) in [6.45, 7) is 2.23. The SMILES string of the molecule is COc1nc(C2=CCC(C)CC2)ccc1C(=O)O. The fourth-order valence-electron chi connectivity index (χ4n) is 2.14. The van der Waals surface area contributed by atoms with E-state index in [0.29, 0.717) is 5.92 Å². The van der Waals surface area contributed by atoms with Gasteiger partial charge in [0.15, 0.2) is 0 Å². The summed E-state index contributed by atoms with van der Waals surface area (Å²) in [6, 6.07) is 3.32. The Morgan fingerprint density at radius 2 is 2.28 bits per heavy atom. The Balaban J connectivity index is 2.33. The maximum Gasteiger partial charge on any atom is 0.341 e. The fourth-order valence-corrected chi connectivity index (χ4v) is 2.14. The van der Waals surface area contributed by atoms with Crippen molar-refractivity contribution >= 4 is 11.5 Å². The van der Waals surface area contributed by atoms with Crippen LogP contribution >= 0.6 is 0 Å². The zero-order valence-corrected chi connectivity index (χ0v) is 10.6. The Morgan fingerprint density at radius 3 is 2.83 bits per heavy atom. The predicted octanol–water partition coefficient (Wildman–Crippen LogP) is 2.99. The highest BCUT2D eigenvalue weighted by molar-refractivity contribution is 5.90. The molecule has 0 aromatic carbocycles. The van der Waals surface area contributed by atoms with Gasteiger partial charge in [0.2, 0.25) is 5.88 Å². The van der Waals surface area contributed by atoms with Crippen molar-refractivity contribution in [1.82, 2.24) is 4.98 Å². The van der Waals surface area contributed by atoms with E-state index in [0.717, 1.165) is 25.0 Å². The van der Waals surface area contributed by atoms with Gasteiger partial charge in [0, 0.05) is 0 Å². The number of hydrogen-bond acceptors (Lipinski definition) is 3. The van der Waals surface area contributed by atoms with E-state index in [1.54, 1.807) is 12.1 Å². The second-order valence-corrected chi connectivity index (χ2v) is 4.67. The fraction of sp³-hybridized carbons (Fsp3) is 0.429. The van der Waals surface area contributed by atoms with Crippen LogP contribution in [0.2, 0.25) is 0 Å². The number of nitrogens with zero attached hydrogens (tertiary/aromatic N) is 1. The molecule has 1 atom stereocenters. The monoisotopic (exact) mass is 247 g/mol. The predicted molar refractivity (Wildman–Crippen MR) is 68.7 cm³/mol. The van der Waals surface area contributed by atoms with Crippen LogP contribution in [-0.2, 0) is 0 Å². The van der Waals surface area contributed by atoms with Gasteiger partial charge in [-0.3, -0.25) is 0 Å². The highest BCUT2D eigenvalue weighted by atomic mass is 16.5. The molecule has 0 saturated carbocycles. The average Bonchev–Trinajstić information content (AvgIpc) is 2.38. The average molecular weight is 247 g/mol. The highest BCUT2D eigenvalue weighted by Crippen LogP contribution is 2.30. The van der Waals surface area contributed by atoms with E-state index in [-0.39, 0.29) is 11.4 Å². The summed E-state index contributed by atoms with van der Waals surface area (Å²) in [4.78, 5) is 15.3. The summed E-state index contributed by atoms with van der Waals surface area (Å²) in [5.41, 5.74) is 2.11. The molecule has 0 bridgehead atoms. The normalized spacial score (nSPS) is 19.2. The molecule has 1 aromatic rings. The largest absolute Gasteiger partial charge is 0.480 e. The van der Waals surface area contributed by atoms with E-state index in [1.165, 1.54) is 12.7 Å². The van der Waals surface area contributed by atoms with Gasteiger partial charge in [-0.05, 0) is 42.9 Å². The molecule has 0 fully saturated rings. The zero-order valence-electron chi connectivity index (χ0n) is 10.6. The topological polar surface area (TPSA) is 59.4 Å². The number of hydrogen-bond donors (Lipinski definition) is 1. The van der Waals surface area contributed by atoms with Crippen LogP contribution in [0.5, 0.6) is 5.88 Å². The van der Waals surface area contributed by atoms with Crippen molar-refractivity contribution < 1.29 is 14.6 Å². The number of aromatic nitrogens is 1. The van der Waals surface area contributed by atoms with Gasteiger partial charge in [0.05, 0.1) is 12.8 Å². The van der Waals surface area contributed by atoms with Crippen LogP contribution in [0, 0.1) is 5.92 Å². The number of aromatic carboxylic acids is 1. The molecule has 18 heavy (non-hydrogen) atoms. The molecule has 1 aromatic heterocycles. The van der Waals surface area contributed by atoms with E-state index in [1.807, 2.05) is 0 Å². The van der Waals surface area contributed by atoms with Crippen LogP contribution in [0.25, 0.3) is 5.57 Å². The third-order valence-electron chi connectivity index (χ3n) is 3.29. The number of allylic oxidation sites excluding steroid dienone is 2. The molecule has 0 spiro atoms. The first-order valence-electron chi connectivity index (χ1n) is 6.09. The molecule has 1 aliphatic rings. The molecular weight excluding hydrogens is 230 g/mol. The van der Waals surface area contributed by atoms with E-state index in [4.69, 9.17) is 9.84 Å². The minimum absolute atomic E-state index is 0.103. The van der Waals surface area contributed by atoms with Gasteiger partial charge >= 0.3 is 5.97 Å². The van der Waals surface area contributed by atoms with Gasteiger partial charge in [0.25, 0.3) is 0 Å². The van der Waals surface area contributed by atoms with Crippen LogP contribution < -0.4 is 4.74 Å². The number of pyridine rings is 1. The minimum atomic E-state index is -1.02. The maximum atomic E-state index is 11.0. The van der Waals surface area contributed by atoms with Gasteiger partial charge in [-0.25, -0.2) is 9.78 Å². The van der Waals surface area contributed by atoms with Gasteiger partial charge in [-0.1, -0.05) is 13.0 Å². The van der Waals surface area contributed by atoms with Crippen LogP contribution in [0.4, 0.5) is 0 Å². The van der Waals surface area contributed by atoms with Crippen LogP contribution in [0.1, 0.15) is 42.2 Å². The van der Waals surface area contributed by atoms with Crippen molar-refractivity contribution in [3.8, 4) is 5.88 Å². The van der Waals surface area contributed by atoms with Crippen molar-refractivity contribution in [3.05, 3.63) is 29.5 Å². The molecule has 0 radical (unpaired) electrons. The van der Waals surface area contributed by atoms with Gasteiger partial charge in [0.1, 0.15) is 5.56 Å². The number of rotatable bonds is 3. The number of methoxy groups -OCH3 is 1. The summed E-state index contributed by atoms with van der Waals surface area (Å²) >= 11 is 0. The molecule has 1 unspecified atom stereocenters. The van der Waals surface area contributed by atoms with Crippen molar-refractivity contribution in [2.45, 2.75) is 26.2 Å². The number of carboxylic acids is 1. The Morgan fingerprint density at radius 1 is 1.50 bits per heavy atom. The van der Waals surface area contributed by atoms with Crippen LogP contribution in [0.3, 0.4) is 0 Å². The molecule has 0 aliphatic heterocycles. The zero-order chi connectivity index (χ0) is 13.1. The first kappa shape index (κ1) is 12.6. The van der Waals surface area contributed by atoms with Gasteiger partial charge in [-0.15, -0.1) is 0 Å². The van der Waals surface area contributed by atoms with E-state index < -0.39 is 5.97 Å².